The van der Waals surface area contributed by atoms with Gasteiger partial charge < -0.3 is 15.4 Å². The molecule has 1 aliphatic carbocycles. The summed E-state index contributed by atoms with van der Waals surface area (Å²) in [5.41, 5.74) is 1.55. The molecule has 0 bridgehead atoms. The van der Waals surface area contributed by atoms with E-state index in [9.17, 15) is 13.2 Å². The minimum atomic E-state index is -3.40. The summed E-state index contributed by atoms with van der Waals surface area (Å²) in [6.45, 7) is 4.14. The third kappa shape index (κ3) is 5.68. The molecule has 1 aromatic carbocycles. The molecular formula is C20H31N3O4S. The van der Waals surface area contributed by atoms with Gasteiger partial charge in [-0.2, -0.15) is 4.31 Å². The number of nitrogens with one attached hydrogen (secondary N) is 2. The van der Waals surface area contributed by atoms with E-state index < -0.39 is 10.0 Å². The van der Waals surface area contributed by atoms with Gasteiger partial charge in [-0.15, -0.1) is 0 Å². The third-order valence-electron chi connectivity index (χ3n) is 5.69. The van der Waals surface area contributed by atoms with E-state index in [2.05, 4.69) is 17.6 Å². The predicted molar refractivity (Wildman–Crippen MR) is 108 cm³/mol. The first-order valence-electron chi connectivity index (χ1n) is 10.1. The normalized spacial score (nSPS) is 23.9. The Bertz CT molecular complexity index is 762. The van der Waals surface area contributed by atoms with Crippen molar-refractivity contribution in [3.63, 3.8) is 0 Å². The number of urea groups is 1. The average molecular weight is 410 g/mol. The fraction of sp³-hybridized carbons (Fsp3) is 0.650. The van der Waals surface area contributed by atoms with E-state index in [1.54, 1.807) is 0 Å². The molecule has 1 aromatic rings. The van der Waals surface area contributed by atoms with Gasteiger partial charge in [0.1, 0.15) is 0 Å². The number of nitrogens with zero attached hydrogens (tertiary/aromatic N) is 1. The first-order valence-corrected chi connectivity index (χ1v) is 11.7. The van der Waals surface area contributed by atoms with Gasteiger partial charge in [0.05, 0.1) is 19.0 Å². The second-order valence-electron chi connectivity index (χ2n) is 7.73. The zero-order valence-electron chi connectivity index (χ0n) is 16.5. The molecule has 8 heteroatoms. The minimum Gasteiger partial charge on any atom is -0.379 e. The van der Waals surface area contributed by atoms with Gasteiger partial charge in [0.2, 0.25) is 10.0 Å². The lowest BCUT2D eigenvalue weighted by molar-refractivity contribution is 0.0729. The number of carbonyl (C=O) groups excluding carboxylic acids is 1. The summed E-state index contributed by atoms with van der Waals surface area (Å²) in [5.74, 6) is 0.428. The maximum absolute atomic E-state index is 12.7. The second kappa shape index (κ2) is 9.71. The van der Waals surface area contributed by atoms with Crippen LogP contribution in [0.15, 0.2) is 24.3 Å². The number of hydrogen-bond donors (Lipinski definition) is 2. The molecular weight excluding hydrogens is 378 g/mol. The summed E-state index contributed by atoms with van der Waals surface area (Å²) in [4.78, 5) is 12.3. The van der Waals surface area contributed by atoms with E-state index in [-0.39, 0.29) is 17.8 Å². The number of amides is 2. The Kier molecular flexibility index (Phi) is 7.31. The van der Waals surface area contributed by atoms with Crippen LogP contribution in [-0.2, 0) is 27.1 Å². The summed E-state index contributed by atoms with van der Waals surface area (Å²) >= 11 is 0. The van der Waals surface area contributed by atoms with Crippen LogP contribution in [0.25, 0.3) is 0 Å². The Morgan fingerprint density at radius 3 is 2.54 bits per heavy atom. The highest BCUT2D eigenvalue weighted by Crippen LogP contribution is 2.23. The molecule has 0 aromatic heterocycles. The first kappa shape index (κ1) is 21.1. The van der Waals surface area contributed by atoms with Crippen LogP contribution in [0.2, 0.25) is 0 Å². The number of carbonyl (C=O) groups is 1. The predicted octanol–water partition coefficient (Wildman–Crippen LogP) is 2.23. The van der Waals surface area contributed by atoms with E-state index in [0.29, 0.717) is 38.8 Å². The maximum atomic E-state index is 12.7. The topological polar surface area (TPSA) is 87.7 Å². The molecule has 28 heavy (non-hydrogen) atoms. The summed E-state index contributed by atoms with van der Waals surface area (Å²) in [6, 6.07) is 7.40. The summed E-state index contributed by atoms with van der Waals surface area (Å²) in [6.07, 6.45) is 4.54. The largest absolute Gasteiger partial charge is 0.379 e. The first-order chi connectivity index (χ1) is 13.5. The Morgan fingerprint density at radius 1 is 1.14 bits per heavy atom. The van der Waals surface area contributed by atoms with E-state index in [1.165, 1.54) is 10.7 Å². The van der Waals surface area contributed by atoms with Crippen molar-refractivity contribution >= 4 is 16.1 Å². The molecule has 7 nitrogen and oxygen atoms in total. The van der Waals surface area contributed by atoms with Gasteiger partial charge in [-0.1, -0.05) is 44.0 Å². The summed E-state index contributed by atoms with van der Waals surface area (Å²) in [5, 5.41) is 5.96. The highest BCUT2D eigenvalue weighted by atomic mass is 32.2. The highest BCUT2D eigenvalue weighted by molar-refractivity contribution is 7.88. The monoisotopic (exact) mass is 409 g/mol. The van der Waals surface area contributed by atoms with Crippen LogP contribution in [0.5, 0.6) is 0 Å². The van der Waals surface area contributed by atoms with Gasteiger partial charge in [-0.25, -0.2) is 13.2 Å². The van der Waals surface area contributed by atoms with Crippen LogP contribution in [0.4, 0.5) is 4.79 Å². The minimum absolute atomic E-state index is 0.0634. The van der Waals surface area contributed by atoms with Gasteiger partial charge in [0.15, 0.2) is 0 Å². The number of rotatable bonds is 6. The molecule has 3 rings (SSSR count). The lowest BCUT2D eigenvalue weighted by Crippen LogP contribution is -2.46. The molecule has 1 aliphatic heterocycles. The molecule has 2 amide bonds. The molecule has 2 N–H and O–H groups in total. The lowest BCUT2D eigenvalue weighted by Gasteiger charge is -2.29. The summed E-state index contributed by atoms with van der Waals surface area (Å²) in [7, 11) is -3.40. The molecule has 1 saturated heterocycles. The molecule has 0 unspecified atom stereocenters. The van der Waals surface area contributed by atoms with Gasteiger partial charge in [0.25, 0.3) is 0 Å². The molecule has 2 fully saturated rings. The molecule has 0 spiro atoms. The number of ether oxygens (including phenoxy) is 1. The fourth-order valence-corrected chi connectivity index (χ4v) is 5.47. The molecule has 2 aliphatic rings. The van der Waals surface area contributed by atoms with Crippen molar-refractivity contribution in [1.29, 1.82) is 0 Å². The van der Waals surface area contributed by atoms with Gasteiger partial charge in [-0.3, -0.25) is 0 Å². The van der Waals surface area contributed by atoms with Crippen molar-refractivity contribution in [3.05, 3.63) is 35.4 Å². The Balaban J connectivity index is 1.58. The van der Waals surface area contributed by atoms with Crippen molar-refractivity contribution in [3.8, 4) is 0 Å². The van der Waals surface area contributed by atoms with Crippen LogP contribution in [0.3, 0.4) is 0 Å². The number of sulfonamides is 1. The molecule has 2 atom stereocenters. The number of hydrogen-bond acceptors (Lipinski definition) is 4. The van der Waals surface area contributed by atoms with Gasteiger partial charge in [-0.05, 0) is 29.9 Å². The van der Waals surface area contributed by atoms with Crippen molar-refractivity contribution in [1.82, 2.24) is 14.9 Å². The van der Waals surface area contributed by atoms with Crippen LogP contribution < -0.4 is 10.6 Å². The van der Waals surface area contributed by atoms with Crippen molar-refractivity contribution in [2.75, 3.05) is 26.3 Å². The Hall–Kier alpha value is -1.64. The van der Waals surface area contributed by atoms with E-state index in [0.717, 1.165) is 30.4 Å². The average Bonchev–Trinajstić information content (AvgIpc) is 2.69. The fourth-order valence-electron chi connectivity index (χ4n) is 3.91. The van der Waals surface area contributed by atoms with Crippen LogP contribution >= 0.6 is 0 Å². The highest BCUT2D eigenvalue weighted by Gasteiger charge is 2.26. The molecule has 1 saturated carbocycles. The maximum Gasteiger partial charge on any atom is 0.315 e. The zero-order valence-corrected chi connectivity index (χ0v) is 17.3. The molecule has 0 radical (unpaired) electrons. The van der Waals surface area contributed by atoms with Gasteiger partial charge >= 0.3 is 6.03 Å². The van der Waals surface area contributed by atoms with Crippen molar-refractivity contribution in [2.45, 2.75) is 50.9 Å². The van der Waals surface area contributed by atoms with E-state index >= 15 is 0 Å². The molecule has 156 valence electrons. The van der Waals surface area contributed by atoms with Gasteiger partial charge in [0, 0.05) is 25.7 Å². The standard InChI is InChI=1S/C20H31N3O4S/c1-16-6-2-5-9-19(16)22-20(24)21-14-17-7-3-4-8-18(17)15-28(25,26)23-10-12-27-13-11-23/h3-4,7-8,16,19H,2,5-6,9-15H2,1H3,(H2,21,22,24)/t16-,19+/m1/s1. The van der Waals surface area contributed by atoms with Crippen LogP contribution in [0, 0.1) is 5.92 Å². The van der Waals surface area contributed by atoms with Crippen LogP contribution in [0.1, 0.15) is 43.7 Å². The Labute approximate surface area is 167 Å². The third-order valence-corrected chi connectivity index (χ3v) is 7.51. The quantitative estimate of drug-likeness (QED) is 0.754. The SMILES string of the molecule is C[C@@H]1CCCC[C@@H]1NC(=O)NCc1ccccc1CS(=O)(=O)N1CCOCC1. The zero-order chi connectivity index (χ0) is 20.0. The van der Waals surface area contributed by atoms with E-state index in [4.69, 9.17) is 4.74 Å². The lowest BCUT2D eigenvalue weighted by atomic mass is 9.86. The van der Waals surface area contributed by atoms with E-state index in [1.807, 2.05) is 24.3 Å². The molecule has 1 heterocycles. The van der Waals surface area contributed by atoms with Crippen LogP contribution in [-0.4, -0.2) is 51.1 Å². The number of benzene rings is 1. The Morgan fingerprint density at radius 2 is 1.82 bits per heavy atom. The smallest absolute Gasteiger partial charge is 0.315 e. The van der Waals surface area contributed by atoms with Crippen molar-refractivity contribution < 1.29 is 17.9 Å². The summed E-state index contributed by atoms with van der Waals surface area (Å²) < 4.78 is 32.2. The number of morpholine rings is 1. The second-order valence-corrected chi connectivity index (χ2v) is 9.70. The van der Waals surface area contributed by atoms with Crippen molar-refractivity contribution in [2.24, 2.45) is 5.92 Å².